The van der Waals surface area contributed by atoms with E-state index in [1.165, 1.54) is 11.8 Å². The zero-order valence-corrected chi connectivity index (χ0v) is 10.6. The lowest BCUT2D eigenvalue weighted by Gasteiger charge is -2.18. The third-order valence-corrected chi connectivity index (χ3v) is 5.06. The number of ether oxygens (including phenoxy) is 1. The van der Waals surface area contributed by atoms with Gasteiger partial charge in [-0.15, -0.1) is 11.8 Å². The van der Waals surface area contributed by atoms with Gasteiger partial charge in [-0.1, -0.05) is 15.9 Å². The van der Waals surface area contributed by atoms with Crippen LogP contribution in [0.25, 0.3) is 0 Å². The van der Waals surface area contributed by atoms with E-state index in [1.807, 2.05) is 0 Å². The number of nitriles is 4. The summed E-state index contributed by atoms with van der Waals surface area (Å²) in [6.07, 6.45) is 0. The second-order valence-corrected chi connectivity index (χ2v) is 5.49. The third-order valence-electron chi connectivity index (χ3n) is 2.75. The van der Waals surface area contributed by atoms with Gasteiger partial charge in [-0.05, 0) is 5.41 Å². The molecule has 2 atom stereocenters. The fourth-order valence-corrected chi connectivity index (χ4v) is 4.30. The van der Waals surface area contributed by atoms with Gasteiger partial charge in [-0.2, -0.15) is 21.0 Å². The summed E-state index contributed by atoms with van der Waals surface area (Å²) in [5.74, 6) is -0.609. The molecule has 0 N–H and O–H groups in total. The Balaban J connectivity index is 2.62. The molecule has 0 bridgehead atoms. The highest BCUT2D eigenvalue weighted by Gasteiger charge is 2.67. The van der Waals surface area contributed by atoms with Crippen molar-refractivity contribution in [2.75, 3.05) is 0 Å². The lowest BCUT2D eigenvalue weighted by molar-refractivity contribution is 0.0152. The van der Waals surface area contributed by atoms with Crippen molar-refractivity contribution < 1.29 is 4.74 Å². The fraction of sp³-hybridized carbons (Fsp3) is 0.400. The van der Waals surface area contributed by atoms with Gasteiger partial charge in [0.2, 0.25) is 0 Å². The number of thioether (sulfide) groups is 1. The molecule has 0 aliphatic carbocycles. The lowest BCUT2D eigenvalue weighted by Crippen LogP contribution is -2.35. The first-order valence-electron chi connectivity index (χ1n) is 4.45. The van der Waals surface area contributed by atoms with E-state index in [0.29, 0.717) is 4.48 Å². The Morgan fingerprint density at radius 1 is 1.12 bits per heavy atom. The summed E-state index contributed by atoms with van der Waals surface area (Å²) in [5, 5.41) is 37.6. The Kier molecular flexibility index (Phi) is 2.64. The minimum absolute atomic E-state index is 0.564. The fourth-order valence-electron chi connectivity index (χ4n) is 1.96. The van der Waals surface area contributed by atoms with Gasteiger partial charge in [0.15, 0.2) is 0 Å². The van der Waals surface area contributed by atoms with Crippen LogP contribution in [0, 0.1) is 51.2 Å². The quantitative estimate of drug-likeness (QED) is 0.672. The van der Waals surface area contributed by atoms with E-state index in [2.05, 4.69) is 15.9 Å². The Hall–Kier alpha value is -1.51. The van der Waals surface area contributed by atoms with Gasteiger partial charge in [-0.25, -0.2) is 0 Å². The number of halogens is 1. The Morgan fingerprint density at radius 2 is 1.65 bits per heavy atom. The smallest absolute Gasteiger partial charge is 0.256 e. The minimum Gasteiger partial charge on any atom is -0.311 e. The summed E-state index contributed by atoms with van der Waals surface area (Å²) < 4.78 is 5.85. The standard InChI is InChI=1S/C10H3BrN4OS/c11-6-1-17-8-7(6)9(2-12,3-13)16-10(8,4-14)5-15/h1,7-8H/t7-,8-/m0/s1. The largest absolute Gasteiger partial charge is 0.311 e. The molecule has 0 aromatic rings. The van der Waals surface area contributed by atoms with Crippen LogP contribution in [0.15, 0.2) is 9.89 Å². The van der Waals surface area contributed by atoms with E-state index < -0.39 is 22.4 Å². The molecule has 17 heavy (non-hydrogen) atoms. The maximum absolute atomic E-state index is 9.13. The highest BCUT2D eigenvalue weighted by molar-refractivity contribution is 9.11. The maximum Gasteiger partial charge on any atom is 0.256 e. The zero-order chi connectivity index (χ0) is 12.7. The SMILES string of the molecule is N#CC1(C#N)OC(C#N)(C#N)[C@H]2C(Br)=CS[C@@H]21. The Labute approximate surface area is 110 Å². The van der Waals surface area contributed by atoms with Crippen molar-refractivity contribution in [1.29, 1.82) is 21.0 Å². The molecule has 2 heterocycles. The van der Waals surface area contributed by atoms with E-state index in [4.69, 9.17) is 25.8 Å². The molecule has 0 spiro atoms. The van der Waals surface area contributed by atoms with Crippen LogP contribution in [-0.2, 0) is 4.74 Å². The molecular weight excluding hydrogens is 304 g/mol. The summed E-state index contributed by atoms with van der Waals surface area (Å²) in [5.41, 5.74) is -3.54. The number of hydrogen-bond donors (Lipinski definition) is 0. The first kappa shape index (κ1) is 12.0. The molecule has 7 heteroatoms. The van der Waals surface area contributed by atoms with Gasteiger partial charge in [0.05, 0.1) is 11.2 Å². The average Bonchev–Trinajstić information content (AvgIpc) is 2.88. The summed E-state index contributed by atoms with van der Waals surface area (Å²) in [6, 6.07) is 7.13. The normalized spacial score (nSPS) is 31.2. The molecule has 1 fully saturated rings. The third kappa shape index (κ3) is 1.31. The molecular formula is C10H3BrN4OS. The van der Waals surface area contributed by atoms with E-state index >= 15 is 0 Å². The van der Waals surface area contributed by atoms with Crippen molar-refractivity contribution in [2.45, 2.75) is 16.5 Å². The summed E-state index contributed by atoms with van der Waals surface area (Å²) in [4.78, 5) is 0. The summed E-state index contributed by atoms with van der Waals surface area (Å²) in [6.45, 7) is 0. The van der Waals surface area contributed by atoms with Crippen LogP contribution in [0.2, 0.25) is 0 Å². The molecule has 5 nitrogen and oxygen atoms in total. The molecule has 2 aliphatic rings. The molecule has 82 valence electrons. The van der Waals surface area contributed by atoms with Crippen molar-refractivity contribution in [3.05, 3.63) is 9.89 Å². The molecule has 0 unspecified atom stereocenters. The summed E-state index contributed by atoms with van der Waals surface area (Å²) in [7, 11) is 0. The first-order valence-corrected chi connectivity index (χ1v) is 6.19. The van der Waals surface area contributed by atoms with Crippen molar-refractivity contribution in [2.24, 2.45) is 5.92 Å². The van der Waals surface area contributed by atoms with Gasteiger partial charge >= 0.3 is 0 Å². The number of rotatable bonds is 0. The summed E-state index contributed by atoms with van der Waals surface area (Å²) >= 11 is 4.48. The van der Waals surface area contributed by atoms with Crippen LogP contribution in [0.1, 0.15) is 0 Å². The molecule has 0 aromatic heterocycles. The number of hydrogen-bond acceptors (Lipinski definition) is 6. The topological polar surface area (TPSA) is 104 Å². The van der Waals surface area contributed by atoms with Gasteiger partial charge in [0, 0.05) is 4.48 Å². The van der Waals surface area contributed by atoms with E-state index in [0.717, 1.165) is 0 Å². The van der Waals surface area contributed by atoms with E-state index in [9.17, 15) is 0 Å². The lowest BCUT2D eigenvalue weighted by atomic mass is 9.86. The van der Waals surface area contributed by atoms with Crippen LogP contribution in [0.3, 0.4) is 0 Å². The molecule has 0 aromatic carbocycles. The average molecular weight is 307 g/mol. The van der Waals surface area contributed by atoms with Gasteiger partial charge in [0.25, 0.3) is 11.2 Å². The highest BCUT2D eigenvalue weighted by Crippen LogP contribution is 2.56. The second kappa shape index (κ2) is 3.76. The van der Waals surface area contributed by atoms with Crippen molar-refractivity contribution in [1.82, 2.24) is 0 Å². The predicted octanol–water partition coefficient (Wildman–Crippen LogP) is 1.56. The predicted molar refractivity (Wildman–Crippen MR) is 60.9 cm³/mol. The second-order valence-electron chi connectivity index (χ2n) is 3.56. The molecule has 2 rings (SSSR count). The zero-order valence-electron chi connectivity index (χ0n) is 8.22. The van der Waals surface area contributed by atoms with Crippen LogP contribution >= 0.6 is 27.7 Å². The Morgan fingerprint density at radius 3 is 2.12 bits per heavy atom. The van der Waals surface area contributed by atoms with Crippen LogP contribution in [-0.4, -0.2) is 16.5 Å². The molecule has 0 saturated carbocycles. The number of nitrogens with zero attached hydrogens (tertiary/aromatic N) is 4. The van der Waals surface area contributed by atoms with Gasteiger partial charge in [0.1, 0.15) is 24.3 Å². The molecule has 1 saturated heterocycles. The van der Waals surface area contributed by atoms with Crippen LogP contribution < -0.4 is 0 Å². The molecule has 2 aliphatic heterocycles. The van der Waals surface area contributed by atoms with Crippen LogP contribution in [0.4, 0.5) is 0 Å². The maximum atomic E-state index is 9.13. The first-order chi connectivity index (χ1) is 8.09. The molecule has 0 radical (unpaired) electrons. The number of fused-ring (bicyclic) bond motifs is 1. The van der Waals surface area contributed by atoms with E-state index in [1.54, 1.807) is 29.7 Å². The monoisotopic (exact) mass is 306 g/mol. The van der Waals surface area contributed by atoms with Gasteiger partial charge in [-0.3, -0.25) is 0 Å². The highest BCUT2D eigenvalue weighted by atomic mass is 79.9. The molecule has 0 amide bonds. The van der Waals surface area contributed by atoms with Crippen LogP contribution in [0.5, 0.6) is 0 Å². The van der Waals surface area contributed by atoms with Gasteiger partial charge < -0.3 is 4.74 Å². The minimum atomic E-state index is -1.78. The van der Waals surface area contributed by atoms with Crippen molar-refractivity contribution in [3.8, 4) is 24.3 Å². The Bertz CT molecular complexity index is 545. The van der Waals surface area contributed by atoms with Crippen molar-refractivity contribution >= 4 is 27.7 Å². The van der Waals surface area contributed by atoms with E-state index in [-0.39, 0.29) is 0 Å². The van der Waals surface area contributed by atoms with Crippen molar-refractivity contribution in [3.63, 3.8) is 0 Å².